The summed E-state index contributed by atoms with van der Waals surface area (Å²) in [5, 5.41) is 12.6. The Bertz CT molecular complexity index is 424. The maximum absolute atomic E-state index is 10.7. The van der Waals surface area contributed by atoms with E-state index in [-0.39, 0.29) is 6.54 Å². The third kappa shape index (κ3) is 4.78. The van der Waals surface area contributed by atoms with Crippen molar-refractivity contribution in [1.82, 2.24) is 5.01 Å². The van der Waals surface area contributed by atoms with Gasteiger partial charge in [0, 0.05) is 17.2 Å². The Morgan fingerprint density at radius 1 is 1.47 bits per heavy atom. The normalized spacial score (nSPS) is 11.7. The van der Waals surface area contributed by atoms with Crippen molar-refractivity contribution >= 4 is 17.7 Å². The molecule has 1 rings (SSSR count). The monoisotopic (exact) mass is 284 g/mol. The summed E-state index contributed by atoms with van der Waals surface area (Å²) in [6.45, 7) is 1.72. The number of rotatable bonds is 8. The highest BCUT2D eigenvalue weighted by Gasteiger charge is 2.19. The molecule has 1 aromatic carbocycles. The lowest BCUT2D eigenvalue weighted by Crippen LogP contribution is -2.36. The van der Waals surface area contributed by atoms with E-state index in [1.165, 1.54) is 18.7 Å². The van der Waals surface area contributed by atoms with Crippen molar-refractivity contribution in [2.75, 3.05) is 19.4 Å². The largest absolute Gasteiger partial charge is 0.497 e. The van der Waals surface area contributed by atoms with Crippen molar-refractivity contribution in [3.05, 3.63) is 29.2 Å². The fraction of sp³-hybridized carbons (Fsp3) is 0.417. The molecule has 0 fully saturated rings. The minimum atomic E-state index is -1.06. The highest BCUT2D eigenvalue weighted by Crippen LogP contribution is 2.21. The third-order valence-electron chi connectivity index (χ3n) is 2.56. The van der Waals surface area contributed by atoms with Gasteiger partial charge in [0.2, 0.25) is 0 Å². The highest BCUT2D eigenvalue weighted by molar-refractivity contribution is 7.99. The van der Waals surface area contributed by atoms with Gasteiger partial charge in [-0.15, -0.1) is 16.7 Å². The SMILES string of the molecule is COc1ccc(SCCN(N=O)[C@@H](C)C(=O)O)cc1. The first-order valence-corrected chi connectivity index (χ1v) is 6.66. The minimum Gasteiger partial charge on any atom is -0.497 e. The fourth-order valence-corrected chi connectivity index (χ4v) is 2.20. The van der Waals surface area contributed by atoms with Crippen molar-refractivity contribution in [3.8, 4) is 5.75 Å². The van der Waals surface area contributed by atoms with Gasteiger partial charge in [0.15, 0.2) is 0 Å². The van der Waals surface area contributed by atoms with E-state index in [2.05, 4.69) is 5.29 Å². The average molecular weight is 284 g/mol. The molecular formula is C12H16N2O4S. The van der Waals surface area contributed by atoms with E-state index in [0.717, 1.165) is 15.7 Å². The number of methoxy groups -OCH3 is 1. The molecule has 0 saturated carbocycles. The first-order chi connectivity index (χ1) is 9.08. The van der Waals surface area contributed by atoms with E-state index in [4.69, 9.17) is 9.84 Å². The molecule has 0 bridgehead atoms. The number of nitrogens with zero attached hydrogens (tertiary/aromatic N) is 2. The molecule has 0 aliphatic rings. The summed E-state index contributed by atoms with van der Waals surface area (Å²) in [6, 6.07) is 6.59. The van der Waals surface area contributed by atoms with Gasteiger partial charge in [-0.05, 0) is 31.2 Å². The fourth-order valence-electron chi connectivity index (χ4n) is 1.36. The van der Waals surface area contributed by atoms with E-state index in [1.54, 1.807) is 7.11 Å². The predicted molar refractivity (Wildman–Crippen MR) is 73.3 cm³/mol. The molecular weight excluding hydrogens is 268 g/mol. The number of nitroso groups, excluding NO2 is 1. The van der Waals surface area contributed by atoms with Crippen molar-refractivity contribution in [2.24, 2.45) is 5.29 Å². The van der Waals surface area contributed by atoms with Gasteiger partial charge in [-0.2, -0.15) is 0 Å². The van der Waals surface area contributed by atoms with E-state index in [0.29, 0.717) is 5.75 Å². The summed E-state index contributed by atoms with van der Waals surface area (Å²) in [5.74, 6) is 0.296. The molecule has 0 radical (unpaired) electrons. The van der Waals surface area contributed by atoms with E-state index < -0.39 is 12.0 Å². The summed E-state index contributed by atoms with van der Waals surface area (Å²) in [4.78, 5) is 22.3. The minimum absolute atomic E-state index is 0.285. The zero-order valence-electron chi connectivity index (χ0n) is 10.8. The zero-order valence-corrected chi connectivity index (χ0v) is 11.6. The second kappa shape index (κ2) is 7.63. The summed E-state index contributed by atoms with van der Waals surface area (Å²) < 4.78 is 5.05. The molecule has 1 N–H and O–H groups in total. The average Bonchev–Trinajstić information content (AvgIpc) is 2.43. The van der Waals surface area contributed by atoms with Crippen LogP contribution in [0.1, 0.15) is 6.92 Å². The van der Waals surface area contributed by atoms with Crippen molar-refractivity contribution in [1.29, 1.82) is 0 Å². The van der Waals surface area contributed by atoms with Crippen LogP contribution in [0.15, 0.2) is 34.4 Å². The standard InChI is InChI=1S/C12H16N2O4S/c1-9(12(15)16)14(13-17)7-8-19-11-5-3-10(18-2)4-6-11/h3-6,9H,7-8H2,1-2H3,(H,15,16)/t9-/m0/s1. The molecule has 0 aliphatic heterocycles. The lowest BCUT2D eigenvalue weighted by atomic mass is 10.3. The van der Waals surface area contributed by atoms with Gasteiger partial charge < -0.3 is 9.84 Å². The van der Waals surface area contributed by atoms with Gasteiger partial charge in [0.1, 0.15) is 11.8 Å². The molecule has 6 nitrogen and oxygen atoms in total. The zero-order chi connectivity index (χ0) is 14.3. The van der Waals surface area contributed by atoms with Gasteiger partial charge in [0.05, 0.1) is 12.4 Å². The number of hydrogen-bond acceptors (Lipinski definition) is 5. The number of hydrogen-bond donors (Lipinski definition) is 1. The number of ether oxygens (including phenoxy) is 1. The van der Waals surface area contributed by atoms with Crippen LogP contribution in [0.5, 0.6) is 5.75 Å². The molecule has 0 saturated heterocycles. The molecule has 0 amide bonds. The Morgan fingerprint density at radius 3 is 2.58 bits per heavy atom. The topological polar surface area (TPSA) is 79.2 Å². The Kier molecular flexibility index (Phi) is 6.14. The number of carboxylic acid groups (broad SMARTS) is 1. The Hall–Kier alpha value is -1.76. The molecule has 104 valence electrons. The molecule has 1 atom stereocenters. The summed E-state index contributed by atoms with van der Waals surface area (Å²) in [5.41, 5.74) is 0. The quantitative estimate of drug-likeness (QED) is 0.448. The van der Waals surface area contributed by atoms with Crippen LogP contribution in [-0.2, 0) is 4.79 Å². The first-order valence-electron chi connectivity index (χ1n) is 5.68. The molecule has 0 unspecified atom stereocenters. The number of thioether (sulfide) groups is 1. The van der Waals surface area contributed by atoms with Gasteiger partial charge in [0.25, 0.3) is 0 Å². The molecule has 19 heavy (non-hydrogen) atoms. The van der Waals surface area contributed by atoms with E-state index >= 15 is 0 Å². The second-order valence-electron chi connectivity index (χ2n) is 3.78. The highest BCUT2D eigenvalue weighted by atomic mass is 32.2. The maximum Gasteiger partial charge on any atom is 0.327 e. The Morgan fingerprint density at radius 2 is 2.11 bits per heavy atom. The van der Waals surface area contributed by atoms with Gasteiger partial charge >= 0.3 is 5.97 Å². The maximum atomic E-state index is 10.7. The van der Waals surface area contributed by atoms with E-state index in [1.807, 2.05) is 24.3 Å². The molecule has 7 heteroatoms. The summed E-state index contributed by atoms with van der Waals surface area (Å²) in [7, 11) is 1.60. The molecule has 1 aromatic rings. The summed E-state index contributed by atoms with van der Waals surface area (Å²) >= 11 is 1.52. The van der Waals surface area contributed by atoms with Crippen LogP contribution < -0.4 is 4.74 Å². The van der Waals surface area contributed by atoms with Crippen molar-refractivity contribution in [2.45, 2.75) is 17.9 Å². The molecule has 0 aromatic heterocycles. The third-order valence-corrected chi connectivity index (χ3v) is 3.55. The van der Waals surface area contributed by atoms with Gasteiger partial charge in [-0.3, -0.25) is 0 Å². The van der Waals surface area contributed by atoms with Gasteiger partial charge in [-0.25, -0.2) is 9.80 Å². The van der Waals surface area contributed by atoms with Crippen molar-refractivity contribution < 1.29 is 14.6 Å². The van der Waals surface area contributed by atoms with Crippen LogP contribution in [0, 0.1) is 4.91 Å². The first kappa shape index (κ1) is 15.3. The molecule has 0 heterocycles. The lowest BCUT2D eigenvalue weighted by molar-refractivity contribution is -0.142. The number of benzene rings is 1. The van der Waals surface area contributed by atoms with Gasteiger partial charge in [-0.1, -0.05) is 0 Å². The second-order valence-corrected chi connectivity index (χ2v) is 4.95. The molecule has 0 spiro atoms. The van der Waals surface area contributed by atoms with Crippen molar-refractivity contribution in [3.63, 3.8) is 0 Å². The number of carbonyl (C=O) groups is 1. The number of carboxylic acids is 1. The Balaban J connectivity index is 2.43. The van der Waals surface area contributed by atoms with E-state index in [9.17, 15) is 9.70 Å². The van der Waals surface area contributed by atoms with Crippen LogP contribution in [0.2, 0.25) is 0 Å². The van der Waals surface area contributed by atoms with Crippen LogP contribution in [0.4, 0.5) is 0 Å². The van der Waals surface area contributed by atoms with Crippen LogP contribution >= 0.6 is 11.8 Å². The van der Waals surface area contributed by atoms with Crippen LogP contribution in [0.3, 0.4) is 0 Å². The summed E-state index contributed by atoms with van der Waals surface area (Å²) in [6.07, 6.45) is 0. The number of aliphatic carboxylic acids is 1. The smallest absolute Gasteiger partial charge is 0.327 e. The predicted octanol–water partition coefficient (Wildman–Crippen LogP) is 2.24. The van der Waals surface area contributed by atoms with Crippen LogP contribution in [0.25, 0.3) is 0 Å². The lowest BCUT2D eigenvalue weighted by Gasteiger charge is -2.18. The molecule has 0 aliphatic carbocycles. The Labute approximate surface area is 115 Å². The van der Waals surface area contributed by atoms with Crippen LogP contribution in [-0.4, -0.2) is 41.5 Å².